The molecule has 1 atom stereocenters. The molecule has 0 N–H and O–H groups in total. The molecule has 1 aromatic rings. The van der Waals surface area contributed by atoms with Crippen molar-refractivity contribution in [2.45, 2.75) is 19.3 Å². The highest BCUT2D eigenvalue weighted by Gasteiger charge is 2.25. The lowest BCUT2D eigenvalue weighted by Crippen LogP contribution is -2.41. The van der Waals surface area contributed by atoms with Gasteiger partial charge in [0.2, 0.25) is 0 Å². The van der Waals surface area contributed by atoms with Crippen molar-refractivity contribution in [2.24, 2.45) is 5.92 Å². The van der Waals surface area contributed by atoms with Crippen LogP contribution in [-0.2, 0) is 11.2 Å². The summed E-state index contributed by atoms with van der Waals surface area (Å²) in [4.78, 5) is 15.8. The zero-order valence-electron chi connectivity index (χ0n) is 13.9. The second-order valence-electron chi connectivity index (χ2n) is 6.43. The zero-order valence-corrected chi connectivity index (χ0v) is 13.9. The van der Waals surface area contributed by atoms with Gasteiger partial charge in [-0.15, -0.1) is 0 Å². The van der Waals surface area contributed by atoms with Crippen LogP contribution in [0.1, 0.15) is 18.4 Å². The number of ether oxygens (including phenoxy) is 2. The average Bonchev–Trinajstić information content (AvgIpc) is 2.99. The van der Waals surface area contributed by atoms with Gasteiger partial charge in [0.1, 0.15) is 12.4 Å². The molecule has 23 heavy (non-hydrogen) atoms. The molecule has 3 rings (SSSR count). The Labute approximate surface area is 138 Å². The summed E-state index contributed by atoms with van der Waals surface area (Å²) >= 11 is 0. The van der Waals surface area contributed by atoms with Gasteiger partial charge in [0.15, 0.2) is 0 Å². The SMILES string of the molecule is COc1ccccc1C[C@H]1CCCN(CCN2CCOC2=O)C1. The number of cyclic esters (lactones) is 1. The van der Waals surface area contributed by atoms with Crippen LogP contribution in [0, 0.1) is 5.92 Å². The molecule has 0 spiro atoms. The van der Waals surface area contributed by atoms with Gasteiger partial charge < -0.3 is 19.3 Å². The van der Waals surface area contributed by atoms with Gasteiger partial charge in [0.25, 0.3) is 0 Å². The fourth-order valence-corrected chi connectivity index (χ4v) is 3.59. The summed E-state index contributed by atoms with van der Waals surface area (Å²) < 4.78 is 10.5. The van der Waals surface area contributed by atoms with E-state index in [1.54, 1.807) is 7.11 Å². The highest BCUT2D eigenvalue weighted by molar-refractivity contribution is 5.69. The number of carbonyl (C=O) groups excluding carboxylic acids is 1. The Hall–Kier alpha value is -1.75. The summed E-state index contributed by atoms with van der Waals surface area (Å²) in [6, 6.07) is 8.30. The molecule has 0 saturated carbocycles. The van der Waals surface area contributed by atoms with Gasteiger partial charge in [-0.05, 0) is 43.4 Å². The van der Waals surface area contributed by atoms with Gasteiger partial charge in [-0.25, -0.2) is 4.79 Å². The normalized spacial score (nSPS) is 22.2. The fourth-order valence-electron chi connectivity index (χ4n) is 3.59. The van der Waals surface area contributed by atoms with E-state index in [2.05, 4.69) is 17.0 Å². The maximum atomic E-state index is 11.5. The van der Waals surface area contributed by atoms with Gasteiger partial charge >= 0.3 is 6.09 Å². The van der Waals surface area contributed by atoms with E-state index in [1.807, 2.05) is 17.0 Å². The molecule has 2 aliphatic rings. The van der Waals surface area contributed by atoms with E-state index in [1.165, 1.54) is 18.4 Å². The second-order valence-corrected chi connectivity index (χ2v) is 6.43. The number of hydrogen-bond acceptors (Lipinski definition) is 4. The number of rotatable bonds is 6. The van der Waals surface area contributed by atoms with Crippen LogP contribution in [0.25, 0.3) is 0 Å². The molecule has 0 radical (unpaired) electrons. The van der Waals surface area contributed by atoms with Crippen molar-refractivity contribution in [3.63, 3.8) is 0 Å². The van der Waals surface area contributed by atoms with Gasteiger partial charge in [-0.3, -0.25) is 0 Å². The van der Waals surface area contributed by atoms with Crippen LogP contribution < -0.4 is 4.74 Å². The quantitative estimate of drug-likeness (QED) is 0.808. The highest BCUT2D eigenvalue weighted by Crippen LogP contribution is 2.26. The van der Waals surface area contributed by atoms with E-state index in [0.717, 1.165) is 44.9 Å². The standard InChI is InChI=1S/C18H26N2O3/c1-22-17-7-3-2-6-16(17)13-15-5-4-8-19(14-15)9-10-20-11-12-23-18(20)21/h2-3,6-7,15H,4-5,8-14H2,1H3/t15-/m1/s1. The number of likely N-dealkylation sites (tertiary alicyclic amines) is 1. The van der Waals surface area contributed by atoms with Crippen molar-refractivity contribution < 1.29 is 14.3 Å². The molecule has 126 valence electrons. The van der Waals surface area contributed by atoms with Crippen molar-refractivity contribution in [2.75, 3.05) is 46.4 Å². The number of benzene rings is 1. The topological polar surface area (TPSA) is 42.0 Å². The minimum atomic E-state index is -0.160. The van der Waals surface area contributed by atoms with E-state index in [9.17, 15) is 4.79 Å². The van der Waals surface area contributed by atoms with Gasteiger partial charge in [0.05, 0.1) is 13.7 Å². The minimum absolute atomic E-state index is 0.160. The molecule has 2 heterocycles. The Kier molecular flexibility index (Phi) is 5.39. The van der Waals surface area contributed by atoms with Gasteiger partial charge in [-0.2, -0.15) is 0 Å². The third-order valence-corrected chi connectivity index (χ3v) is 4.84. The lowest BCUT2D eigenvalue weighted by atomic mass is 9.91. The van der Waals surface area contributed by atoms with Crippen LogP contribution in [-0.4, -0.2) is 62.3 Å². The first-order valence-electron chi connectivity index (χ1n) is 8.52. The van der Waals surface area contributed by atoms with Crippen LogP contribution in [0.3, 0.4) is 0 Å². The Bertz CT molecular complexity index is 535. The lowest BCUT2D eigenvalue weighted by molar-refractivity contribution is 0.140. The molecule has 5 nitrogen and oxygen atoms in total. The van der Waals surface area contributed by atoms with Crippen molar-refractivity contribution >= 4 is 6.09 Å². The van der Waals surface area contributed by atoms with Crippen molar-refractivity contribution in [1.82, 2.24) is 9.80 Å². The Balaban J connectivity index is 1.50. The molecule has 0 unspecified atom stereocenters. The average molecular weight is 318 g/mol. The molecule has 0 aliphatic carbocycles. The van der Waals surface area contributed by atoms with Crippen molar-refractivity contribution in [3.8, 4) is 5.75 Å². The monoisotopic (exact) mass is 318 g/mol. The molecule has 5 heteroatoms. The lowest BCUT2D eigenvalue weighted by Gasteiger charge is -2.33. The maximum Gasteiger partial charge on any atom is 0.409 e. The van der Waals surface area contributed by atoms with E-state index < -0.39 is 0 Å². The first-order chi connectivity index (χ1) is 11.3. The fraction of sp³-hybridized carbons (Fsp3) is 0.611. The highest BCUT2D eigenvalue weighted by atomic mass is 16.6. The molecule has 0 aromatic heterocycles. The first kappa shape index (κ1) is 16.1. The van der Waals surface area contributed by atoms with Crippen LogP contribution in [0.2, 0.25) is 0 Å². The van der Waals surface area contributed by atoms with Gasteiger partial charge in [-0.1, -0.05) is 18.2 Å². The number of methoxy groups -OCH3 is 1. The smallest absolute Gasteiger partial charge is 0.409 e. The van der Waals surface area contributed by atoms with Crippen molar-refractivity contribution in [3.05, 3.63) is 29.8 Å². The second kappa shape index (κ2) is 7.68. The zero-order chi connectivity index (χ0) is 16.1. The van der Waals surface area contributed by atoms with E-state index in [0.29, 0.717) is 12.5 Å². The molecule has 2 fully saturated rings. The van der Waals surface area contributed by atoms with Crippen LogP contribution in [0.4, 0.5) is 4.79 Å². The molecule has 0 bridgehead atoms. The number of nitrogens with zero attached hydrogens (tertiary/aromatic N) is 2. The summed E-state index contributed by atoms with van der Waals surface area (Å²) in [6.45, 7) is 5.22. The first-order valence-corrected chi connectivity index (χ1v) is 8.52. The molecule has 1 aromatic carbocycles. The van der Waals surface area contributed by atoms with Crippen molar-refractivity contribution in [1.29, 1.82) is 0 Å². The van der Waals surface area contributed by atoms with Crippen LogP contribution in [0.15, 0.2) is 24.3 Å². The number of carbonyl (C=O) groups is 1. The van der Waals surface area contributed by atoms with E-state index in [4.69, 9.17) is 9.47 Å². The third kappa shape index (κ3) is 4.16. The Morgan fingerprint density at radius 1 is 1.26 bits per heavy atom. The summed E-state index contributed by atoms with van der Waals surface area (Å²) in [5.41, 5.74) is 1.30. The summed E-state index contributed by atoms with van der Waals surface area (Å²) in [5, 5.41) is 0. The maximum absolute atomic E-state index is 11.5. The molecule has 1 amide bonds. The van der Waals surface area contributed by atoms with Crippen LogP contribution in [0.5, 0.6) is 5.75 Å². The predicted molar refractivity (Wildman–Crippen MR) is 88.8 cm³/mol. The molecular formula is C18H26N2O3. The molecular weight excluding hydrogens is 292 g/mol. The third-order valence-electron chi connectivity index (χ3n) is 4.84. The Morgan fingerprint density at radius 3 is 2.91 bits per heavy atom. The largest absolute Gasteiger partial charge is 0.496 e. The van der Waals surface area contributed by atoms with Gasteiger partial charge in [0, 0.05) is 19.6 Å². The number of amides is 1. The molecule has 2 saturated heterocycles. The van der Waals surface area contributed by atoms with E-state index >= 15 is 0 Å². The number of piperidine rings is 1. The predicted octanol–water partition coefficient (Wildman–Crippen LogP) is 2.40. The number of hydrogen-bond donors (Lipinski definition) is 0. The summed E-state index contributed by atoms with van der Waals surface area (Å²) in [7, 11) is 1.74. The van der Waals surface area contributed by atoms with E-state index in [-0.39, 0.29) is 6.09 Å². The molecule has 2 aliphatic heterocycles. The summed E-state index contributed by atoms with van der Waals surface area (Å²) in [6.07, 6.45) is 3.39. The van der Waals surface area contributed by atoms with Crippen LogP contribution >= 0.6 is 0 Å². The minimum Gasteiger partial charge on any atom is -0.496 e. The Morgan fingerprint density at radius 2 is 2.13 bits per heavy atom. The number of para-hydroxylation sites is 1. The summed E-state index contributed by atoms with van der Waals surface area (Å²) in [5.74, 6) is 1.65.